The summed E-state index contributed by atoms with van der Waals surface area (Å²) in [7, 11) is 1.59. The lowest BCUT2D eigenvalue weighted by Gasteiger charge is -2.14. The molecule has 30 heavy (non-hydrogen) atoms. The fraction of sp³-hybridized carbons (Fsp3) is 0.273. The van der Waals surface area contributed by atoms with E-state index in [-0.39, 0.29) is 6.42 Å². The molecule has 4 rings (SSSR count). The molecule has 1 aromatic heterocycles. The lowest BCUT2D eigenvalue weighted by Crippen LogP contribution is -2.25. The maximum Gasteiger partial charge on any atom is 0.222 e. The molecule has 0 fully saturated rings. The summed E-state index contributed by atoms with van der Waals surface area (Å²) in [5.41, 5.74) is 3.02. The van der Waals surface area contributed by atoms with E-state index in [4.69, 9.17) is 25.4 Å². The average molecular weight is 427 g/mol. The van der Waals surface area contributed by atoms with Crippen LogP contribution in [0.5, 0.6) is 5.75 Å². The highest BCUT2D eigenvalue weighted by Crippen LogP contribution is 2.34. The minimum atomic E-state index is -2.26. The molecule has 0 spiro atoms. The molecule has 1 aliphatic rings. The summed E-state index contributed by atoms with van der Waals surface area (Å²) in [4.78, 5) is 17.5. The molecule has 7 nitrogen and oxygen atoms in total. The van der Waals surface area contributed by atoms with Gasteiger partial charge >= 0.3 is 0 Å². The number of methoxy groups -OCH3 is 1. The van der Waals surface area contributed by atoms with Crippen molar-refractivity contribution in [3.8, 4) is 11.4 Å². The number of nitrogens with zero attached hydrogens (tertiary/aromatic N) is 4. The molecule has 1 N–H and O–H groups in total. The van der Waals surface area contributed by atoms with Crippen molar-refractivity contribution in [3.05, 3.63) is 70.3 Å². The highest BCUT2D eigenvalue weighted by Gasteiger charge is 2.29. The predicted molar refractivity (Wildman–Crippen MR) is 116 cm³/mol. The Morgan fingerprint density at radius 2 is 2.07 bits per heavy atom. The highest BCUT2D eigenvalue weighted by molar-refractivity contribution is 6.30. The Morgan fingerprint density at radius 1 is 1.27 bits per heavy atom. The van der Waals surface area contributed by atoms with Crippen molar-refractivity contribution in [2.45, 2.75) is 26.2 Å². The van der Waals surface area contributed by atoms with Crippen molar-refractivity contribution in [3.63, 3.8) is 0 Å². The Hall–Kier alpha value is -3.19. The first-order valence-corrected chi connectivity index (χ1v) is 9.75. The Kier molecular flexibility index (Phi) is 4.58. The van der Waals surface area contributed by atoms with E-state index in [0.29, 0.717) is 28.1 Å². The topological polar surface area (TPSA) is 81.4 Å². The van der Waals surface area contributed by atoms with E-state index in [2.05, 4.69) is 15.5 Å². The number of ether oxygens (including phenoxy) is 1. The molecule has 1 amide bonds. The Bertz CT molecular complexity index is 1220. The number of aliphatic imine (C=N–C) groups is 1. The van der Waals surface area contributed by atoms with Crippen molar-refractivity contribution in [2.24, 2.45) is 4.99 Å². The maximum atomic E-state index is 12.6. The van der Waals surface area contributed by atoms with Crippen LogP contribution in [-0.4, -0.2) is 40.0 Å². The van der Waals surface area contributed by atoms with Crippen LogP contribution in [0.4, 0.5) is 0 Å². The molecule has 3 aromatic rings. The number of benzene rings is 2. The lowest BCUT2D eigenvalue weighted by atomic mass is 10.00. The lowest BCUT2D eigenvalue weighted by molar-refractivity contribution is -0.121. The molecule has 8 heteroatoms. The van der Waals surface area contributed by atoms with Crippen molar-refractivity contribution >= 4 is 23.2 Å². The molecule has 2 heterocycles. The van der Waals surface area contributed by atoms with Crippen molar-refractivity contribution < 1.29 is 13.6 Å². The van der Waals surface area contributed by atoms with Crippen LogP contribution in [0, 0.1) is 6.92 Å². The number of fused-ring (bicyclic) bond motifs is 3. The molecule has 1 aliphatic heterocycles. The van der Waals surface area contributed by atoms with E-state index < -0.39 is 25.3 Å². The first kappa shape index (κ1) is 16.6. The third-order valence-electron chi connectivity index (χ3n) is 4.91. The van der Waals surface area contributed by atoms with Gasteiger partial charge in [-0.3, -0.25) is 14.4 Å². The van der Waals surface area contributed by atoms with Crippen LogP contribution in [-0.2, 0) is 4.79 Å². The summed E-state index contributed by atoms with van der Waals surface area (Å²) in [5.74, 6) is 1.34. The minimum absolute atomic E-state index is 0.0869. The number of amides is 1. The molecule has 1 atom stereocenters. The van der Waals surface area contributed by atoms with Crippen LogP contribution in [0.3, 0.4) is 0 Å². The van der Waals surface area contributed by atoms with Crippen molar-refractivity contribution in [1.29, 1.82) is 0 Å². The molecule has 2 aromatic carbocycles. The zero-order chi connectivity index (χ0) is 23.8. The van der Waals surface area contributed by atoms with Crippen LogP contribution in [0.1, 0.15) is 46.2 Å². The molecule has 0 bridgehead atoms. The number of carbonyl (C=O) groups excluding carboxylic acids is 1. The molecule has 0 radical (unpaired) electrons. The Labute approximate surface area is 184 Å². The quantitative estimate of drug-likeness (QED) is 0.675. The average Bonchev–Trinajstić information content (AvgIpc) is 3.10. The summed E-state index contributed by atoms with van der Waals surface area (Å²) in [6.45, 7) is -0.862. The third kappa shape index (κ3) is 3.68. The van der Waals surface area contributed by atoms with Gasteiger partial charge in [-0.15, -0.1) is 10.2 Å². The first-order chi connectivity index (χ1) is 15.7. The minimum Gasteiger partial charge on any atom is -0.497 e. The SMILES string of the molecule is [2H]C([2H])([2H])CNC(=O)C[C@@H]1N=C(c2ccc(Cl)cc2)c2cc(OC)ccc2-n2c(C)nnc21. The van der Waals surface area contributed by atoms with Crippen LogP contribution in [0.15, 0.2) is 47.5 Å². The maximum absolute atomic E-state index is 12.6. The fourth-order valence-corrected chi connectivity index (χ4v) is 3.65. The number of nitrogens with one attached hydrogen (secondary N) is 1. The van der Waals surface area contributed by atoms with E-state index in [1.54, 1.807) is 19.2 Å². The number of hydrogen-bond acceptors (Lipinski definition) is 5. The second kappa shape index (κ2) is 8.28. The molecule has 0 unspecified atom stereocenters. The largest absolute Gasteiger partial charge is 0.497 e. The van der Waals surface area contributed by atoms with Crippen LogP contribution >= 0.6 is 11.6 Å². The van der Waals surface area contributed by atoms with Gasteiger partial charge in [-0.1, -0.05) is 23.7 Å². The van der Waals surface area contributed by atoms with E-state index in [1.165, 1.54) is 0 Å². The Balaban J connectivity index is 1.85. The molecule has 0 saturated carbocycles. The zero-order valence-electron chi connectivity index (χ0n) is 19.5. The van der Waals surface area contributed by atoms with Gasteiger partial charge in [0.25, 0.3) is 0 Å². The summed E-state index contributed by atoms with van der Waals surface area (Å²) < 4.78 is 29.3. The van der Waals surface area contributed by atoms with Gasteiger partial charge in [0.1, 0.15) is 17.6 Å². The van der Waals surface area contributed by atoms with E-state index in [1.807, 2.05) is 41.8 Å². The molecule has 0 saturated heterocycles. The standard InChI is InChI=1S/C22H22ClN5O2/c1-4-24-20(29)12-18-22-27-26-13(2)28(22)19-10-9-16(30-3)11-17(19)21(25-18)14-5-7-15(23)8-6-14/h5-11,18H,4,12H2,1-3H3,(H,24,29)/t18-/m0/s1/i1D3. The van der Waals surface area contributed by atoms with Gasteiger partial charge in [0.05, 0.1) is 24.9 Å². The van der Waals surface area contributed by atoms with Crippen molar-refractivity contribution in [1.82, 2.24) is 20.1 Å². The summed E-state index contributed by atoms with van der Waals surface area (Å²) >= 11 is 6.09. The Morgan fingerprint density at radius 3 is 2.80 bits per heavy atom. The molecule has 0 aliphatic carbocycles. The second-order valence-electron chi connectivity index (χ2n) is 6.81. The highest BCUT2D eigenvalue weighted by atomic mass is 35.5. The van der Waals surface area contributed by atoms with Gasteiger partial charge in [0, 0.05) is 26.8 Å². The molecular formula is C22H22ClN5O2. The zero-order valence-corrected chi connectivity index (χ0v) is 17.3. The summed E-state index contributed by atoms with van der Waals surface area (Å²) in [6, 6.07) is 12.2. The van der Waals surface area contributed by atoms with Crippen LogP contribution < -0.4 is 10.1 Å². The predicted octanol–water partition coefficient (Wildman–Crippen LogP) is 3.66. The monoisotopic (exact) mass is 426 g/mol. The van der Waals surface area contributed by atoms with Gasteiger partial charge in [-0.2, -0.15) is 0 Å². The van der Waals surface area contributed by atoms with Gasteiger partial charge in [-0.05, 0) is 44.1 Å². The first-order valence-electron chi connectivity index (χ1n) is 10.9. The number of aromatic nitrogens is 3. The second-order valence-corrected chi connectivity index (χ2v) is 7.24. The van der Waals surface area contributed by atoms with Gasteiger partial charge in [0.15, 0.2) is 5.82 Å². The third-order valence-corrected chi connectivity index (χ3v) is 5.17. The molecular weight excluding hydrogens is 402 g/mol. The van der Waals surface area contributed by atoms with E-state index >= 15 is 0 Å². The number of carbonyl (C=O) groups is 1. The normalized spacial score (nSPS) is 16.8. The van der Waals surface area contributed by atoms with Gasteiger partial charge < -0.3 is 10.1 Å². The number of hydrogen-bond donors (Lipinski definition) is 1. The van der Waals surface area contributed by atoms with Crippen LogP contribution in [0.2, 0.25) is 5.02 Å². The smallest absolute Gasteiger partial charge is 0.222 e. The van der Waals surface area contributed by atoms with E-state index in [0.717, 1.165) is 16.8 Å². The van der Waals surface area contributed by atoms with Crippen molar-refractivity contribution in [2.75, 3.05) is 13.7 Å². The summed E-state index contributed by atoms with van der Waals surface area (Å²) in [6.07, 6.45) is -0.0869. The molecule has 154 valence electrons. The fourth-order valence-electron chi connectivity index (χ4n) is 3.52. The van der Waals surface area contributed by atoms with Gasteiger partial charge in [-0.25, -0.2) is 0 Å². The summed E-state index contributed by atoms with van der Waals surface area (Å²) in [5, 5.41) is 11.6. The number of aryl methyl sites for hydroxylation is 1. The van der Waals surface area contributed by atoms with Crippen LogP contribution in [0.25, 0.3) is 5.69 Å². The number of rotatable bonds is 5. The number of halogens is 1. The van der Waals surface area contributed by atoms with E-state index in [9.17, 15) is 4.79 Å². The van der Waals surface area contributed by atoms with Gasteiger partial charge in [0.2, 0.25) is 5.91 Å².